The maximum absolute atomic E-state index is 5.65. The lowest BCUT2D eigenvalue weighted by Crippen LogP contribution is -2.21. The molecule has 2 rings (SSSR count). The number of hydrogen-bond acceptors (Lipinski definition) is 2. The minimum atomic E-state index is 0.575. The van der Waals surface area contributed by atoms with Gasteiger partial charge < -0.3 is 5.73 Å². The van der Waals surface area contributed by atoms with Crippen LogP contribution >= 0.6 is 0 Å². The molecule has 0 aliphatic heterocycles. The van der Waals surface area contributed by atoms with Crippen molar-refractivity contribution >= 4 is 5.69 Å². The molecule has 1 saturated carbocycles. The van der Waals surface area contributed by atoms with Crippen LogP contribution in [0.15, 0.2) is 12.4 Å². The summed E-state index contributed by atoms with van der Waals surface area (Å²) < 4.78 is 2.04. The molecule has 0 bridgehead atoms. The van der Waals surface area contributed by atoms with Crippen LogP contribution in [0.5, 0.6) is 0 Å². The molecule has 13 heavy (non-hydrogen) atoms. The smallest absolute Gasteiger partial charge is 0.0719 e. The molecule has 2 atom stereocenters. The molecule has 0 spiro atoms. The molecule has 0 saturated heterocycles. The Balaban J connectivity index is 2.14. The molecule has 1 aromatic rings. The molecule has 2 unspecified atom stereocenters. The van der Waals surface area contributed by atoms with E-state index in [2.05, 4.69) is 12.0 Å². The monoisotopic (exact) mass is 179 g/mol. The molecule has 0 aromatic carbocycles. The predicted molar refractivity (Wildman–Crippen MR) is 53.3 cm³/mol. The van der Waals surface area contributed by atoms with Crippen molar-refractivity contribution in [1.82, 2.24) is 9.78 Å². The number of hydrogen-bond donors (Lipinski definition) is 1. The Morgan fingerprint density at radius 2 is 2.23 bits per heavy atom. The van der Waals surface area contributed by atoms with Gasteiger partial charge in [0.1, 0.15) is 0 Å². The Bertz CT molecular complexity index is 279. The van der Waals surface area contributed by atoms with Crippen molar-refractivity contribution in [2.24, 2.45) is 5.92 Å². The summed E-state index contributed by atoms with van der Waals surface area (Å²) in [6.45, 7) is 2.31. The van der Waals surface area contributed by atoms with E-state index in [1.807, 2.05) is 10.9 Å². The number of nitrogens with zero attached hydrogens (tertiary/aromatic N) is 2. The van der Waals surface area contributed by atoms with Gasteiger partial charge in [-0.3, -0.25) is 4.68 Å². The Kier molecular flexibility index (Phi) is 2.25. The van der Waals surface area contributed by atoms with E-state index in [0.717, 1.165) is 11.6 Å². The van der Waals surface area contributed by atoms with E-state index in [0.29, 0.717) is 6.04 Å². The van der Waals surface area contributed by atoms with E-state index in [-0.39, 0.29) is 0 Å². The summed E-state index contributed by atoms with van der Waals surface area (Å²) in [5.74, 6) is 0.744. The van der Waals surface area contributed by atoms with Crippen LogP contribution < -0.4 is 5.73 Å². The minimum absolute atomic E-state index is 0.575. The molecule has 2 N–H and O–H groups in total. The number of nitrogen functional groups attached to an aromatic ring is 1. The van der Waals surface area contributed by atoms with E-state index in [9.17, 15) is 0 Å². The summed E-state index contributed by atoms with van der Waals surface area (Å²) in [6, 6.07) is 0.575. The van der Waals surface area contributed by atoms with Crippen LogP contribution in [-0.2, 0) is 0 Å². The molecule has 1 heterocycles. The molecular formula is C10H17N3. The predicted octanol–water partition coefficient (Wildman–Crippen LogP) is 2.22. The fourth-order valence-corrected chi connectivity index (χ4v) is 2.22. The highest BCUT2D eigenvalue weighted by atomic mass is 15.3. The van der Waals surface area contributed by atoms with Crippen LogP contribution in [0.2, 0.25) is 0 Å². The zero-order chi connectivity index (χ0) is 9.26. The first-order valence-electron chi connectivity index (χ1n) is 5.07. The van der Waals surface area contributed by atoms with Crippen molar-refractivity contribution in [1.29, 1.82) is 0 Å². The van der Waals surface area contributed by atoms with Crippen molar-refractivity contribution in [3.63, 3.8) is 0 Å². The van der Waals surface area contributed by atoms with Crippen molar-refractivity contribution < 1.29 is 0 Å². The van der Waals surface area contributed by atoms with Crippen LogP contribution in [0.1, 0.15) is 38.6 Å². The first-order valence-corrected chi connectivity index (χ1v) is 5.07. The van der Waals surface area contributed by atoms with E-state index < -0.39 is 0 Å². The third-order valence-electron chi connectivity index (χ3n) is 3.03. The van der Waals surface area contributed by atoms with Gasteiger partial charge in [0, 0.05) is 6.20 Å². The third-order valence-corrected chi connectivity index (χ3v) is 3.03. The Labute approximate surface area is 78.9 Å². The van der Waals surface area contributed by atoms with Crippen molar-refractivity contribution in [2.75, 3.05) is 5.73 Å². The molecule has 1 aromatic heterocycles. The van der Waals surface area contributed by atoms with Gasteiger partial charge in [-0.2, -0.15) is 5.10 Å². The van der Waals surface area contributed by atoms with Gasteiger partial charge in [-0.05, 0) is 18.8 Å². The minimum Gasteiger partial charge on any atom is -0.396 e. The van der Waals surface area contributed by atoms with E-state index in [4.69, 9.17) is 5.73 Å². The number of aromatic nitrogens is 2. The van der Waals surface area contributed by atoms with E-state index in [1.165, 1.54) is 25.7 Å². The fourth-order valence-electron chi connectivity index (χ4n) is 2.22. The Hall–Kier alpha value is -0.990. The normalized spacial score (nSPS) is 29.0. The Morgan fingerprint density at radius 3 is 2.85 bits per heavy atom. The molecule has 72 valence electrons. The maximum Gasteiger partial charge on any atom is 0.0719 e. The molecule has 0 radical (unpaired) electrons. The molecule has 1 aliphatic rings. The molecular weight excluding hydrogens is 162 g/mol. The summed E-state index contributed by atoms with van der Waals surface area (Å²) >= 11 is 0. The molecule has 1 aliphatic carbocycles. The number of nitrogens with two attached hydrogens (primary N) is 1. The summed E-state index contributed by atoms with van der Waals surface area (Å²) in [7, 11) is 0. The maximum atomic E-state index is 5.65. The fraction of sp³-hybridized carbons (Fsp3) is 0.700. The first kappa shape index (κ1) is 8.60. The summed E-state index contributed by atoms with van der Waals surface area (Å²) in [4.78, 5) is 0. The zero-order valence-electron chi connectivity index (χ0n) is 8.11. The molecule has 3 heteroatoms. The summed E-state index contributed by atoms with van der Waals surface area (Å²) in [5, 5.41) is 4.28. The largest absolute Gasteiger partial charge is 0.396 e. The highest BCUT2D eigenvalue weighted by Gasteiger charge is 2.22. The van der Waals surface area contributed by atoms with Crippen molar-refractivity contribution in [3.05, 3.63) is 12.4 Å². The molecule has 1 fully saturated rings. The third kappa shape index (κ3) is 1.69. The lowest BCUT2D eigenvalue weighted by Gasteiger charge is -2.28. The van der Waals surface area contributed by atoms with E-state index in [1.54, 1.807) is 6.20 Å². The highest BCUT2D eigenvalue weighted by molar-refractivity contribution is 5.30. The van der Waals surface area contributed by atoms with Crippen LogP contribution in [0.3, 0.4) is 0 Å². The van der Waals surface area contributed by atoms with Crippen LogP contribution in [0.4, 0.5) is 5.69 Å². The zero-order valence-corrected chi connectivity index (χ0v) is 8.11. The summed E-state index contributed by atoms with van der Waals surface area (Å²) in [6.07, 6.45) is 8.96. The number of rotatable bonds is 1. The van der Waals surface area contributed by atoms with Crippen LogP contribution in [0.25, 0.3) is 0 Å². The SMILES string of the molecule is CC1CCCCC1n1cc(N)cn1. The van der Waals surface area contributed by atoms with Gasteiger partial charge in [0.05, 0.1) is 17.9 Å². The number of anilines is 1. The van der Waals surface area contributed by atoms with Crippen LogP contribution in [0, 0.1) is 5.92 Å². The van der Waals surface area contributed by atoms with Gasteiger partial charge in [-0.25, -0.2) is 0 Å². The van der Waals surface area contributed by atoms with Gasteiger partial charge >= 0.3 is 0 Å². The highest BCUT2D eigenvalue weighted by Crippen LogP contribution is 2.33. The van der Waals surface area contributed by atoms with E-state index >= 15 is 0 Å². The van der Waals surface area contributed by atoms with Crippen LogP contribution in [-0.4, -0.2) is 9.78 Å². The Morgan fingerprint density at radius 1 is 1.46 bits per heavy atom. The molecule has 3 nitrogen and oxygen atoms in total. The summed E-state index contributed by atoms with van der Waals surface area (Å²) in [5.41, 5.74) is 6.42. The standard InChI is InChI=1S/C10H17N3/c1-8-4-2-3-5-10(8)13-7-9(11)6-12-13/h6-8,10H,2-5,11H2,1H3. The van der Waals surface area contributed by atoms with Gasteiger partial charge in [0.25, 0.3) is 0 Å². The topological polar surface area (TPSA) is 43.8 Å². The quantitative estimate of drug-likeness (QED) is 0.718. The second-order valence-corrected chi connectivity index (χ2v) is 4.08. The lowest BCUT2D eigenvalue weighted by molar-refractivity contribution is 0.240. The average Bonchev–Trinajstić information content (AvgIpc) is 2.53. The van der Waals surface area contributed by atoms with Gasteiger partial charge in [-0.1, -0.05) is 19.8 Å². The lowest BCUT2D eigenvalue weighted by atomic mass is 9.86. The van der Waals surface area contributed by atoms with Gasteiger partial charge in [-0.15, -0.1) is 0 Å². The second-order valence-electron chi connectivity index (χ2n) is 4.08. The average molecular weight is 179 g/mol. The first-order chi connectivity index (χ1) is 6.27. The van der Waals surface area contributed by atoms with Gasteiger partial charge in [0.15, 0.2) is 0 Å². The molecule has 0 amide bonds. The van der Waals surface area contributed by atoms with Crippen molar-refractivity contribution in [3.8, 4) is 0 Å². The van der Waals surface area contributed by atoms with Gasteiger partial charge in [0.2, 0.25) is 0 Å². The second kappa shape index (κ2) is 3.40. The van der Waals surface area contributed by atoms with Crippen molar-refractivity contribution in [2.45, 2.75) is 38.6 Å².